The van der Waals surface area contributed by atoms with Gasteiger partial charge in [-0.3, -0.25) is 15.4 Å². The fourth-order valence-corrected chi connectivity index (χ4v) is 2.51. The zero-order valence-corrected chi connectivity index (χ0v) is 11.0. The second kappa shape index (κ2) is 4.94. The van der Waals surface area contributed by atoms with Crippen molar-refractivity contribution in [3.05, 3.63) is 69.8 Å². The summed E-state index contributed by atoms with van der Waals surface area (Å²) in [5.41, 5.74) is 3.42. The Hall–Kier alpha value is -2.40. The number of benzene rings is 2. The van der Waals surface area contributed by atoms with Crippen molar-refractivity contribution < 1.29 is 4.92 Å². The lowest BCUT2D eigenvalue weighted by atomic mass is 10.0. The Morgan fingerprint density at radius 2 is 1.80 bits per heavy atom. The van der Waals surface area contributed by atoms with Crippen LogP contribution in [0.4, 0.5) is 11.4 Å². The van der Waals surface area contributed by atoms with Gasteiger partial charge in [0, 0.05) is 23.9 Å². The van der Waals surface area contributed by atoms with Crippen molar-refractivity contribution in [2.75, 3.05) is 5.32 Å². The highest BCUT2D eigenvalue weighted by molar-refractivity contribution is 5.56. The van der Waals surface area contributed by atoms with Gasteiger partial charge in [-0.05, 0) is 36.2 Å². The minimum atomic E-state index is -0.385. The van der Waals surface area contributed by atoms with Gasteiger partial charge in [-0.2, -0.15) is 0 Å². The van der Waals surface area contributed by atoms with Crippen molar-refractivity contribution in [1.29, 1.82) is 0 Å². The van der Waals surface area contributed by atoms with E-state index in [1.54, 1.807) is 12.1 Å². The van der Waals surface area contributed by atoms with Gasteiger partial charge in [-0.1, -0.05) is 18.2 Å². The Bertz CT molecular complexity index is 640. The quantitative estimate of drug-likeness (QED) is 0.648. The largest absolute Gasteiger partial charge is 0.366 e. The van der Waals surface area contributed by atoms with Gasteiger partial charge in [0.1, 0.15) is 6.17 Å². The molecule has 2 atom stereocenters. The number of nitrogens with zero attached hydrogens (tertiary/aromatic N) is 1. The Balaban J connectivity index is 1.88. The number of para-hydroxylation sites is 1. The molecule has 0 unspecified atom stereocenters. The molecule has 0 bridgehead atoms. The first-order chi connectivity index (χ1) is 9.65. The number of anilines is 1. The van der Waals surface area contributed by atoms with Crippen molar-refractivity contribution in [3.63, 3.8) is 0 Å². The molecular formula is C15H15N3O2. The molecule has 2 aromatic rings. The predicted molar refractivity (Wildman–Crippen MR) is 77.5 cm³/mol. The SMILES string of the molecule is C[C@@H]1N[C@H](c2ccc([N+](=O)[O-])cc2)Nc2ccccc21. The molecule has 0 radical (unpaired) electrons. The van der Waals surface area contributed by atoms with E-state index in [0.717, 1.165) is 11.3 Å². The van der Waals surface area contributed by atoms with Crippen molar-refractivity contribution in [2.24, 2.45) is 0 Å². The van der Waals surface area contributed by atoms with E-state index in [4.69, 9.17) is 0 Å². The third-order valence-electron chi connectivity index (χ3n) is 3.58. The Morgan fingerprint density at radius 1 is 1.10 bits per heavy atom. The smallest absolute Gasteiger partial charge is 0.269 e. The number of nitro groups is 1. The van der Waals surface area contributed by atoms with Crippen LogP contribution in [-0.2, 0) is 0 Å². The Morgan fingerprint density at radius 3 is 2.50 bits per heavy atom. The number of non-ortho nitro benzene ring substituents is 1. The van der Waals surface area contributed by atoms with Crippen molar-refractivity contribution >= 4 is 11.4 Å². The molecule has 1 heterocycles. The molecule has 5 nitrogen and oxygen atoms in total. The lowest BCUT2D eigenvalue weighted by molar-refractivity contribution is -0.384. The third kappa shape index (κ3) is 2.23. The maximum atomic E-state index is 10.7. The van der Waals surface area contributed by atoms with E-state index in [2.05, 4.69) is 23.6 Å². The van der Waals surface area contributed by atoms with E-state index < -0.39 is 0 Å². The second-order valence-corrected chi connectivity index (χ2v) is 4.90. The van der Waals surface area contributed by atoms with Crippen LogP contribution in [0.2, 0.25) is 0 Å². The minimum absolute atomic E-state index is 0.0410. The molecule has 0 aliphatic carbocycles. The first-order valence-electron chi connectivity index (χ1n) is 6.51. The summed E-state index contributed by atoms with van der Waals surface area (Å²) in [4.78, 5) is 10.3. The number of rotatable bonds is 2. The Kier molecular flexibility index (Phi) is 3.12. The lowest BCUT2D eigenvalue weighted by Crippen LogP contribution is -2.35. The molecule has 2 aromatic carbocycles. The zero-order chi connectivity index (χ0) is 14.1. The molecule has 3 rings (SSSR count). The van der Waals surface area contributed by atoms with Crippen LogP contribution in [0, 0.1) is 10.1 Å². The molecule has 0 spiro atoms. The highest BCUT2D eigenvalue weighted by Crippen LogP contribution is 2.32. The average Bonchev–Trinajstić information content (AvgIpc) is 2.47. The number of nitrogens with one attached hydrogen (secondary N) is 2. The van der Waals surface area contributed by atoms with Crippen LogP contribution in [-0.4, -0.2) is 4.92 Å². The Labute approximate surface area is 116 Å². The molecule has 0 aromatic heterocycles. The highest BCUT2D eigenvalue weighted by Gasteiger charge is 2.23. The summed E-state index contributed by atoms with van der Waals surface area (Å²) in [5, 5.41) is 17.5. The molecule has 1 aliphatic rings. The van der Waals surface area contributed by atoms with Gasteiger partial charge < -0.3 is 5.32 Å². The zero-order valence-electron chi connectivity index (χ0n) is 11.0. The van der Waals surface area contributed by atoms with Gasteiger partial charge in [0.2, 0.25) is 0 Å². The van der Waals surface area contributed by atoms with E-state index in [0.29, 0.717) is 0 Å². The highest BCUT2D eigenvalue weighted by atomic mass is 16.6. The van der Waals surface area contributed by atoms with Crippen molar-refractivity contribution in [3.8, 4) is 0 Å². The minimum Gasteiger partial charge on any atom is -0.366 e. The normalized spacial score (nSPS) is 20.9. The number of nitro benzene ring substituents is 1. The van der Waals surface area contributed by atoms with Gasteiger partial charge in [0.25, 0.3) is 5.69 Å². The summed E-state index contributed by atoms with van der Waals surface area (Å²) in [5.74, 6) is 0. The molecular weight excluding hydrogens is 254 g/mol. The fourth-order valence-electron chi connectivity index (χ4n) is 2.51. The molecule has 102 valence electrons. The van der Waals surface area contributed by atoms with Crippen LogP contribution in [0.1, 0.15) is 30.3 Å². The molecule has 20 heavy (non-hydrogen) atoms. The fraction of sp³-hybridized carbons (Fsp3) is 0.200. The van der Waals surface area contributed by atoms with Gasteiger partial charge in [-0.25, -0.2) is 0 Å². The van der Waals surface area contributed by atoms with Crippen molar-refractivity contribution in [1.82, 2.24) is 5.32 Å². The maximum Gasteiger partial charge on any atom is 0.269 e. The van der Waals surface area contributed by atoms with Gasteiger partial charge in [0.15, 0.2) is 0 Å². The third-order valence-corrected chi connectivity index (χ3v) is 3.58. The number of fused-ring (bicyclic) bond motifs is 1. The summed E-state index contributed by atoms with van der Waals surface area (Å²) >= 11 is 0. The van der Waals surface area contributed by atoms with Gasteiger partial charge >= 0.3 is 0 Å². The maximum absolute atomic E-state index is 10.7. The van der Waals surface area contributed by atoms with E-state index in [1.807, 2.05) is 18.2 Å². The van der Waals surface area contributed by atoms with Crippen LogP contribution in [0.3, 0.4) is 0 Å². The van der Waals surface area contributed by atoms with E-state index in [1.165, 1.54) is 17.7 Å². The first kappa shape index (κ1) is 12.6. The standard InChI is InChI=1S/C15H15N3O2/c1-10-13-4-2-3-5-14(13)17-15(16-10)11-6-8-12(9-7-11)18(19)20/h2-10,15-17H,1H3/t10-,15-/m0/s1. The summed E-state index contributed by atoms with van der Waals surface area (Å²) in [6.07, 6.45) is -0.0410. The van der Waals surface area contributed by atoms with Crippen LogP contribution >= 0.6 is 0 Å². The average molecular weight is 269 g/mol. The molecule has 1 aliphatic heterocycles. The van der Waals surface area contributed by atoms with E-state index in [9.17, 15) is 10.1 Å². The summed E-state index contributed by atoms with van der Waals surface area (Å²) in [6.45, 7) is 2.11. The number of hydrogen-bond acceptors (Lipinski definition) is 4. The molecule has 5 heteroatoms. The first-order valence-corrected chi connectivity index (χ1v) is 6.51. The predicted octanol–water partition coefficient (Wildman–Crippen LogP) is 3.37. The van der Waals surface area contributed by atoms with Gasteiger partial charge in [-0.15, -0.1) is 0 Å². The number of hydrogen-bond donors (Lipinski definition) is 2. The topological polar surface area (TPSA) is 67.2 Å². The van der Waals surface area contributed by atoms with Gasteiger partial charge in [0.05, 0.1) is 4.92 Å². The molecule has 0 saturated heterocycles. The van der Waals surface area contributed by atoms with Crippen LogP contribution in [0.5, 0.6) is 0 Å². The second-order valence-electron chi connectivity index (χ2n) is 4.90. The molecule has 0 amide bonds. The lowest BCUT2D eigenvalue weighted by Gasteiger charge is -2.33. The molecule has 0 fully saturated rings. The summed E-state index contributed by atoms with van der Waals surface area (Å²) < 4.78 is 0. The van der Waals surface area contributed by atoms with Crippen LogP contribution in [0.25, 0.3) is 0 Å². The monoisotopic (exact) mass is 269 g/mol. The van der Waals surface area contributed by atoms with Crippen LogP contribution < -0.4 is 10.6 Å². The van der Waals surface area contributed by atoms with Crippen molar-refractivity contribution in [2.45, 2.75) is 19.1 Å². The molecule has 2 N–H and O–H groups in total. The van der Waals surface area contributed by atoms with E-state index in [-0.39, 0.29) is 22.8 Å². The summed E-state index contributed by atoms with van der Waals surface area (Å²) in [6, 6.07) is 15.0. The molecule has 0 saturated carbocycles. The van der Waals surface area contributed by atoms with E-state index >= 15 is 0 Å². The summed E-state index contributed by atoms with van der Waals surface area (Å²) in [7, 11) is 0. The van der Waals surface area contributed by atoms with Crippen LogP contribution in [0.15, 0.2) is 48.5 Å².